The molecule has 0 saturated carbocycles. The molecule has 2 aromatic carbocycles. The predicted molar refractivity (Wildman–Crippen MR) is 110 cm³/mol. The Labute approximate surface area is 175 Å². The average molecular weight is 438 g/mol. The van der Waals surface area contributed by atoms with E-state index in [9.17, 15) is 22.0 Å². The predicted octanol–water partition coefficient (Wildman–Crippen LogP) is 2.36. The lowest BCUT2D eigenvalue weighted by molar-refractivity contribution is 0.0951. The van der Waals surface area contributed by atoms with Crippen LogP contribution in [0, 0.1) is 0 Å². The van der Waals surface area contributed by atoms with Gasteiger partial charge >= 0.3 is 5.76 Å². The molecule has 2 aromatic rings. The van der Waals surface area contributed by atoms with E-state index >= 15 is 0 Å². The van der Waals surface area contributed by atoms with Gasteiger partial charge in [0.1, 0.15) is 0 Å². The lowest BCUT2D eigenvalue weighted by Crippen LogP contribution is -2.43. The Morgan fingerprint density at radius 3 is 2.10 bits per heavy atom. The second-order valence-corrected chi connectivity index (χ2v) is 9.33. The van der Waals surface area contributed by atoms with E-state index < -0.39 is 26.4 Å². The molecule has 6 nitrogen and oxygen atoms in total. The maximum Gasteiger partial charge on any atom is 0.341 e. The highest BCUT2D eigenvalue weighted by Crippen LogP contribution is 2.18. The normalized spacial score (nSPS) is 16.0. The molecule has 0 unspecified atom stereocenters. The molecule has 0 aliphatic carbocycles. The van der Waals surface area contributed by atoms with E-state index in [0.29, 0.717) is 6.54 Å². The van der Waals surface area contributed by atoms with Gasteiger partial charge in [-0.3, -0.25) is 9.69 Å². The average Bonchev–Trinajstić information content (AvgIpc) is 2.74. The van der Waals surface area contributed by atoms with E-state index in [-0.39, 0.29) is 5.56 Å². The van der Waals surface area contributed by atoms with Crippen LogP contribution in [-0.2, 0) is 22.9 Å². The highest BCUT2D eigenvalue weighted by Gasteiger charge is 2.26. The number of likely N-dealkylation sites (N-methyl/N-ethyl adjacent to an activating group) is 1. The van der Waals surface area contributed by atoms with Gasteiger partial charge in [-0.25, -0.2) is 8.42 Å². The third-order valence-corrected chi connectivity index (χ3v) is 6.56. The first-order valence-corrected chi connectivity index (χ1v) is 11.2. The van der Waals surface area contributed by atoms with Gasteiger partial charge in [0.05, 0.1) is 4.90 Å². The number of amides is 1. The monoisotopic (exact) mass is 437 g/mol. The van der Waals surface area contributed by atoms with Crippen LogP contribution in [0.25, 0.3) is 0 Å². The molecule has 1 fully saturated rings. The van der Waals surface area contributed by atoms with E-state index in [0.717, 1.165) is 50.4 Å². The summed E-state index contributed by atoms with van der Waals surface area (Å²) in [6, 6.07) is 12.5. The molecule has 30 heavy (non-hydrogen) atoms. The molecule has 0 aromatic heterocycles. The zero-order valence-electron chi connectivity index (χ0n) is 16.7. The SMILES string of the molecule is CN1CCN(Cc2ccc(CNC(=O)c3ccc(S(=O)(=O)C(F)F)cc3)cc2)CC1. The minimum Gasteiger partial charge on any atom is -0.348 e. The molecular formula is C21H25F2N3O3S. The number of benzene rings is 2. The van der Waals surface area contributed by atoms with Crippen molar-refractivity contribution in [1.29, 1.82) is 0 Å². The van der Waals surface area contributed by atoms with Gasteiger partial charge in [0.2, 0.25) is 9.84 Å². The number of rotatable bonds is 7. The van der Waals surface area contributed by atoms with Crippen LogP contribution in [0.2, 0.25) is 0 Å². The number of carbonyl (C=O) groups excluding carboxylic acids is 1. The zero-order valence-corrected chi connectivity index (χ0v) is 17.5. The molecule has 0 radical (unpaired) electrons. The number of hydrogen-bond donors (Lipinski definition) is 1. The Morgan fingerprint density at radius 1 is 0.967 bits per heavy atom. The van der Waals surface area contributed by atoms with Crippen LogP contribution < -0.4 is 5.32 Å². The number of piperazine rings is 1. The minimum absolute atomic E-state index is 0.204. The van der Waals surface area contributed by atoms with Gasteiger partial charge in [-0.15, -0.1) is 0 Å². The van der Waals surface area contributed by atoms with Crippen LogP contribution in [-0.4, -0.2) is 63.1 Å². The molecule has 1 heterocycles. The first-order valence-electron chi connectivity index (χ1n) is 9.65. The summed E-state index contributed by atoms with van der Waals surface area (Å²) < 4.78 is 48.0. The van der Waals surface area contributed by atoms with E-state index in [2.05, 4.69) is 22.2 Å². The van der Waals surface area contributed by atoms with Crippen molar-refractivity contribution < 1.29 is 22.0 Å². The van der Waals surface area contributed by atoms with Gasteiger partial charge in [0.25, 0.3) is 5.91 Å². The van der Waals surface area contributed by atoms with Gasteiger partial charge in [0.15, 0.2) is 0 Å². The van der Waals surface area contributed by atoms with Gasteiger partial charge in [-0.05, 0) is 42.4 Å². The van der Waals surface area contributed by atoms with E-state index in [1.54, 1.807) is 0 Å². The smallest absolute Gasteiger partial charge is 0.341 e. The molecule has 1 amide bonds. The van der Waals surface area contributed by atoms with Crippen molar-refractivity contribution in [2.45, 2.75) is 23.7 Å². The van der Waals surface area contributed by atoms with Crippen molar-refractivity contribution in [3.8, 4) is 0 Å². The van der Waals surface area contributed by atoms with E-state index in [4.69, 9.17) is 0 Å². The fraction of sp³-hybridized carbons (Fsp3) is 0.381. The third-order valence-electron chi connectivity index (χ3n) is 5.16. The molecule has 1 N–H and O–H groups in total. The van der Waals surface area contributed by atoms with Crippen LogP contribution in [0.4, 0.5) is 8.78 Å². The highest BCUT2D eigenvalue weighted by molar-refractivity contribution is 7.91. The number of sulfone groups is 1. The van der Waals surface area contributed by atoms with E-state index in [1.807, 2.05) is 24.3 Å². The first kappa shape index (κ1) is 22.3. The molecule has 1 aliphatic rings. The Kier molecular flexibility index (Phi) is 7.17. The first-order chi connectivity index (χ1) is 14.3. The molecule has 1 aliphatic heterocycles. The van der Waals surface area contributed by atoms with Crippen LogP contribution >= 0.6 is 0 Å². The van der Waals surface area contributed by atoms with Crippen LogP contribution in [0.1, 0.15) is 21.5 Å². The number of hydrogen-bond acceptors (Lipinski definition) is 5. The fourth-order valence-corrected chi connectivity index (χ4v) is 3.93. The number of halogens is 2. The van der Waals surface area contributed by atoms with Gasteiger partial charge in [0, 0.05) is 44.8 Å². The lowest BCUT2D eigenvalue weighted by Gasteiger charge is -2.32. The summed E-state index contributed by atoms with van der Waals surface area (Å²) in [7, 11) is -2.54. The molecule has 162 valence electrons. The highest BCUT2D eigenvalue weighted by atomic mass is 32.2. The topological polar surface area (TPSA) is 69.7 Å². The Hall–Kier alpha value is -2.36. The molecule has 0 bridgehead atoms. The lowest BCUT2D eigenvalue weighted by atomic mass is 10.1. The summed E-state index contributed by atoms with van der Waals surface area (Å²) in [4.78, 5) is 16.5. The summed E-state index contributed by atoms with van der Waals surface area (Å²) >= 11 is 0. The second-order valence-electron chi connectivity index (χ2n) is 7.41. The van der Waals surface area contributed by atoms with Crippen molar-refractivity contribution in [3.05, 3.63) is 65.2 Å². The summed E-state index contributed by atoms with van der Waals surface area (Å²) in [5, 5.41) is 2.75. The Morgan fingerprint density at radius 2 is 1.53 bits per heavy atom. The standard InChI is InChI=1S/C21H25F2N3O3S/c1-25-10-12-26(13-11-25)15-17-4-2-16(3-5-17)14-24-20(27)18-6-8-19(9-7-18)30(28,29)21(22)23/h2-9,21H,10-15H2,1H3,(H,24,27). The Balaban J connectivity index is 1.52. The minimum atomic E-state index is -4.66. The third kappa shape index (κ3) is 5.62. The summed E-state index contributed by atoms with van der Waals surface area (Å²) in [6.07, 6.45) is 0. The number of nitrogens with one attached hydrogen (secondary N) is 1. The number of alkyl halides is 2. The maximum absolute atomic E-state index is 12.6. The number of nitrogens with zero attached hydrogens (tertiary/aromatic N) is 2. The Bertz CT molecular complexity index is 956. The summed E-state index contributed by atoms with van der Waals surface area (Å²) in [5.41, 5.74) is 2.35. The van der Waals surface area contributed by atoms with Crippen LogP contribution in [0.5, 0.6) is 0 Å². The largest absolute Gasteiger partial charge is 0.348 e. The van der Waals surface area contributed by atoms with Gasteiger partial charge < -0.3 is 10.2 Å². The zero-order chi connectivity index (χ0) is 21.7. The van der Waals surface area contributed by atoms with Crippen molar-refractivity contribution in [3.63, 3.8) is 0 Å². The molecule has 3 rings (SSSR count). The molecule has 9 heteroatoms. The van der Waals surface area contributed by atoms with Crippen molar-refractivity contribution in [2.75, 3.05) is 33.2 Å². The summed E-state index contributed by atoms with van der Waals surface area (Å²) in [6.45, 7) is 5.44. The van der Waals surface area contributed by atoms with Crippen molar-refractivity contribution in [2.24, 2.45) is 0 Å². The maximum atomic E-state index is 12.6. The van der Waals surface area contributed by atoms with Gasteiger partial charge in [-0.1, -0.05) is 24.3 Å². The van der Waals surface area contributed by atoms with Crippen LogP contribution in [0.3, 0.4) is 0 Å². The molecule has 1 saturated heterocycles. The molecular weight excluding hydrogens is 412 g/mol. The fourth-order valence-electron chi connectivity index (χ4n) is 3.21. The number of carbonyl (C=O) groups is 1. The quantitative estimate of drug-likeness (QED) is 0.720. The van der Waals surface area contributed by atoms with E-state index in [1.165, 1.54) is 17.7 Å². The second kappa shape index (κ2) is 9.63. The van der Waals surface area contributed by atoms with Crippen LogP contribution in [0.15, 0.2) is 53.4 Å². The van der Waals surface area contributed by atoms with Crippen molar-refractivity contribution in [1.82, 2.24) is 15.1 Å². The van der Waals surface area contributed by atoms with Crippen molar-refractivity contribution >= 4 is 15.7 Å². The molecule has 0 atom stereocenters. The van der Waals surface area contributed by atoms with Gasteiger partial charge in [-0.2, -0.15) is 8.78 Å². The molecule has 0 spiro atoms. The summed E-state index contributed by atoms with van der Waals surface area (Å²) in [5.74, 6) is -3.89.